The van der Waals surface area contributed by atoms with Crippen molar-refractivity contribution in [3.63, 3.8) is 0 Å². The predicted octanol–water partition coefficient (Wildman–Crippen LogP) is 1.57. The van der Waals surface area contributed by atoms with Crippen LogP contribution in [-0.4, -0.2) is 49.6 Å². The third-order valence-electron chi connectivity index (χ3n) is 3.51. The van der Waals surface area contributed by atoms with Crippen LogP contribution in [0.1, 0.15) is 13.3 Å². The van der Waals surface area contributed by atoms with E-state index in [-0.39, 0.29) is 30.5 Å². The molecule has 1 aliphatic rings. The van der Waals surface area contributed by atoms with Crippen molar-refractivity contribution >= 4 is 17.5 Å². The van der Waals surface area contributed by atoms with Crippen LogP contribution in [0.15, 0.2) is 18.2 Å². The molecule has 0 radical (unpaired) electrons. The maximum atomic E-state index is 13.3. The van der Waals surface area contributed by atoms with E-state index in [1.165, 1.54) is 17.9 Å². The molecule has 1 fully saturated rings. The first-order valence-corrected chi connectivity index (χ1v) is 7.07. The number of halogens is 2. The van der Waals surface area contributed by atoms with Gasteiger partial charge in [0.25, 0.3) is 0 Å². The predicted molar refractivity (Wildman–Crippen MR) is 76.4 cm³/mol. The number of ether oxygens (including phenoxy) is 1. The minimum atomic E-state index is -1.02. The Kier molecular flexibility index (Phi) is 5.43. The van der Waals surface area contributed by atoms with Gasteiger partial charge < -0.3 is 14.5 Å². The summed E-state index contributed by atoms with van der Waals surface area (Å²) in [6, 6.07) is 3.24. The second-order valence-corrected chi connectivity index (χ2v) is 5.01. The number of hydrogen-bond donors (Lipinski definition) is 0. The molecule has 5 nitrogen and oxygen atoms in total. The first kappa shape index (κ1) is 16.4. The summed E-state index contributed by atoms with van der Waals surface area (Å²) < 4.78 is 31.4. The van der Waals surface area contributed by atoms with E-state index < -0.39 is 11.6 Å². The molecule has 22 heavy (non-hydrogen) atoms. The molecule has 0 atom stereocenters. The molecule has 1 aromatic carbocycles. The average Bonchev–Trinajstić information content (AvgIpc) is 2.51. The molecule has 0 spiro atoms. The van der Waals surface area contributed by atoms with Gasteiger partial charge in [-0.2, -0.15) is 0 Å². The summed E-state index contributed by atoms with van der Waals surface area (Å²) in [5.41, 5.74) is 0.237. The number of hydrogen-bond acceptors (Lipinski definition) is 3. The first-order chi connectivity index (χ1) is 10.5. The van der Waals surface area contributed by atoms with E-state index in [4.69, 9.17) is 4.74 Å². The lowest BCUT2D eigenvalue weighted by molar-refractivity contribution is -0.135. The fourth-order valence-corrected chi connectivity index (χ4v) is 2.30. The van der Waals surface area contributed by atoms with Gasteiger partial charge >= 0.3 is 0 Å². The lowest BCUT2D eigenvalue weighted by Crippen LogP contribution is -2.42. The van der Waals surface area contributed by atoms with Crippen molar-refractivity contribution in [1.82, 2.24) is 4.90 Å². The summed E-state index contributed by atoms with van der Waals surface area (Å²) in [5.74, 6) is -2.42. The third-order valence-corrected chi connectivity index (χ3v) is 3.51. The summed E-state index contributed by atoms with van der Waals surface area (Å²) in [5, 5.41) is 0. The van der Waals surface area contributed by atoms with E-state index >= 15 is 0 Å². The van der Waals surface area contributed by atoms with Crippen LogP contribution in [0.4, 0.5) is 14.5 Å². The van der Waals surface area contributed by atoms with Gasteiger partial charge in [-0.1, -0.05) is 0 Å². The molecule has 1 aliphatic heterocycles. The SMILES string of the molecule is CC(=O)N(CCC(=O)N1CCOCC1)c1ccc(F)c(F)c1. The molecule has 0 bridgehead atoms. The fourth-order valence-electron chi connectivity index (χ4n) is 2.30. The zero-order chi connectivity index (χ0) is 16.1. The van der Waals surface area contributed by atoms with Crippen molar-refractivity contribution in [2.75, 3.05) is 37.7 Å². The Morgan fingerprint density at radius 2 is 1.91 bits per heavy atom. The minimum Gasteiger partial charge on any atom is -0.378 e. The molecule has 1 heterocycles. The molecule has 2 amide bonds. The average molecular weight is 312 g/mol. The molecular formula is C15H18F2N2O3. The Labute approximate surface area is 127 Å². The van der Waals surface area contributed by atoms with Gasteiger partial charge in [0.05, 0.1) is 13.2 Å². The Hall–Kier alpha value is -2.02. The van der Waals surface area contributed by atoms with Crippen molar-refractivity contribution in [1.29, 1.82) is 0 Å². The Balaban J connectivity index is 2.01. The second kappa shape index (κ2) is 7.31. The van der Waals surface area contributed by atoms with Gasteiger partial charge in [-0.05, 0) is 12.1 Å². The molecule has 7 heteroatoms. The van der Waals surface area contributed by atoms with Crippen LogP contribution >= 0.6 is 0 Å². The lowest BCUT2D eigenvalue weighted by atomic mass is 10.2. The van der Waals surface area contributed by atoms with Crippen molar-refractivity contribution in [2.45, 2.75) is 13.3 Å². The molecule has 0 N–H and O–H groups in total. The normalized spacial score (nSPS) is 14.8. The molecule has 0 aliphatic carbocycles. The number of nitrogens with zero attached hydrogens (tertiary/aromatic N) is 2. The standard InChI is InChI=1S/C15H18F2N2O3/c1-11(20)19(12-2-3-13(16)14(17)10-12)5-4-15(21)18-6-8-22-9-7-18/h2-3,10H,4-9H2,1H3. The number of morpholine rings is 1. The molecule has 1 saturated heterocycles. The number of anilines is 1. The van der Waals surface area contributed by atoms with E-state index in [2.05, 4.69) is 0 Å². The molecule has 0 saturated carbocycles. The highest BCUT2D eigenvalue weighted by molar-refractivity contribution is 5.92. The highest BCUT2D eigenvalue weighted by Gasteiger charge is 2.20. The summed E-state index contributed by atoms with van der Waals surface area (Å²) in [6.45, 7) is 3.52. The van der Waals surface area contributed by atoms with E-state index in [0.717, 1.165) is 12.1 Å². The van der Waals surface area contributed by atoms with Crippen LogP contribution in [0.5, 0.6) is 0 Å². The molecule has 0 aromatic heterocycles. The van der Waals surface area contributed by atoms with E-state index in [9.17, 15) is 18.4 Å². The quantitative estimate of drug-likeness (QED) is 0.848. The zero-order valence-corrected chi connectivity index (χ0v) is 12.3. The van der Waals surface area contributed by atoms with Crippen molar-refractivity contribution in [2.24, 2.45) is 0 Å². The first-order valence-electron chi connectivity index (χ1n) is 7.07. The largest absolute Gasteiger partial charge is 0.378 e. The van der Waals surface area contributed by atoms with Crippen LogP contribution in [0.3, 0.4) is 0 Å². The fraction of sp³-hybridized carbons (Fsp3) is 0.467. The third kappa shape index (κ3) is 4.00. The smallest absolute Gasteiger partial charge is 0.224 e. The number of carbonyl (C=O) groups is 2. The Morgan fingerprint density at radius 1 is 1.23 bits per heavy atom. The maximum absolute atomic E-state index is 13.3. The number of carbonyl (C=O) groups excluding carboxylic acids is 2. The molecule has 1 aromatic rings. The number of rotatable bonds is 4. The molecular weight excluding hydrogens is 294 g/mol. The lowest BCUT2D eigenvalue weighted by Gasteiger charge is -2.28. The molecule has 2 rings (SSSR count). The van der Waals surface area contributed by atoms with Crippen LogP contribution in [-0.2, 0) is 14.3 Å². The summed E-state index contributed by atoms with van der Waals surface area (Å²) in [6.07, 6.45) is 0.124. The monoisotopic (exact) mass is 312 g/mol. The van der Waals surface area contributed by atoms with Crippen LogP contribution in [0, 0.1) is 11.6 Å². The van der Waals surface area contributed by atoms with Gasteiger partial charge in [-0.3, -0.25) is 9.59 Å². The highest BCUT2D eigenvalue weighted by Crippen LogP contribution is 2.18. The van der Waals surface area contributed by atoms with Crippen LogP contribution in [0.25, 0.3) is 0 Å². The van der Waals surface area contributed by atoms with Crippen LogP contribution in [0.2, 0.25) is 0 Å². The van der Waals surface area contributed by atoms with E-state index in [0.29, 0.717) is 26.3 Å². The Morgan fingerprint density at radius 3 is 2.50 bits per heavy atom. The van der Waals surface area contributed by atoms with Gasteiger partial charge in [0.1, 0.15) is 0 Å². The van der Waals surface area contributed by atoms with Gasteiger partial charge in [0.2, 0.25) is 11.8 Å². The molecule has 0 unspecified atom stereocenters. The summed E-state index contributed by atoms with van der Waals surface area (Å²) in [7, 11) is 0. The second-order valence-electron chi connectivity index (χ2n) is 5.01. The van der Waals surface area contributed by atoms with Gasteiger partial charge in [0, 0.05) is 44.7 Å². The number of amides is 2. The van der Waals surface area contributed by atoms with E-state index in [1.54, 1.807) is 4.90 Å². The Bertz CT molecular complexity index is 560. The van der Waals surface area contributed by atoms with Gasteiger partial charge in [-0.25, -0.2) is 8.78 Å². The topological polar surface area (TPSA) is 49.9 Å². The summed E-state index contributed by atoms with van der Waals surface area (Å²) >= 11 is 0. The van der Waals surface area contributed by atoms with Gasteiger partial charge in [-0.15, -0.1) is 0 Å². The van der Waals surface area contributed by atoms with Gasteiger partial charge in [0.15, 0.2) is 11.6 Å². The zero-order valence-electron chi connectivity index (χ0n) is 12.3. The maximum Gasteiger partial charge on any atom is 0.224 e. The van der Waals surface area contributed by atoms with Crippen LogP contribution < -0.4 is 4.90 Å². The number of benzene rings is 1. The van der Waals surface area contributed by atoms with Crippen molar-refractivity contribution < 1.29 is 23.1 Å². The van der Waals surface area contributed by atoms with Crippen molar-refractivity contribution in [3.05, 3.63) is 29.8 Å². The van der Waals surface area contributed by atoms with Crippen molar-refractivity contribution in [3.8, 4) is 0 Å². The molecule has 120 valence electrons. The summed E-state index contributed by atoms with van der Waals surface area (Å²) in [4.78, 5) is 26.7. The highest BCUT2D eigenvalue weighted by atomic mass is 19.2. The van der Waals surface area contributed by atoms with E-state index in [1.807, 2.05) is 0 Å². The minimum absolute atomic E-state index is 0.0860.